The van der Waals surface area contributed by atoms with Crippen LogP contribution >= 0.6 is 0 Å². The molecule has 13 heavy (non-hydrogen) atoms. The van der Waals surface area contributed by atoms with E-state index in [9.17, 15) is 4.79 Å². The number of hydrogen-bond acceptors (Lipinski definition) is 2. The molecule has 2 aliphatic carbocycles. The number of aliphatic carboxylic acids is 1. The molecule has 0 amide bonds. The van der Waals surface area contributed by atoms with E-state index >= 15 is 0 Å². The van der Waals surface area contributed by atoms with Gasteiger partial charge in [0.25, 0.3) is 0 Å². The Morgan fingerprint density at radius 1 is 1.31 bits per heavy atom. The quantitative estimate of drug-likeness (QED) is 0.669. The van der Waals surface area contributed by atoms with Crippen LogP contribution in [0.1, 0.15) is 38.5 Å². The number of carbonyl (C=O) groups is 1. The van der Waals surface area contributed by atoms with Crippen LogP contribution in [-0.4, -0.2) is 11.1 Å². The SMILES string of the molecule is N#C[C@@]12CCC[C@@](C(=O)O)(CC1)C2. The van der Waals surface area contributed by atoms with Crippen LogP contribution in [0.15, 0.2) is 0 Å². The van der Waals surface area contributed by atoms with Crippen LogP contribution in [0.4, 0.5) is 0 Å². The number of carboxylic acids is 1. The molecule has 2 aliphatic rings. The Balaban J connectivity index is 2.30. The molecule has 0 unspecified atom stereocenters. The van der Waals surface area contributed by atoms with Crippen LogP contribution in [0.2, 0.25) is 0 Å². The molecule has 2 atom stereocenters. The molecule has 0 spiro atoms. The Hall–Kier alpha value is -1.04. The first-order valence-electron chi connectivity index (χ1n) is 4.77. The van der Waals surface area contributed by atoms with Gasteiger partial charge >= 0.3 is 5.97 Å². The minimum atomic E-state index is -0.690. The summed E-state index contributed by atoms with van der Waals surface area (Å²) in [7, 11) is 0. The normalized spacial score (nSPS) is 42.7. The zero-order chi connectivity index (χ0) is 9.53. The summed E-state index contributed by atoms with van der Waals surface area (Å²) >= 11 is 0. The van der Waals surface area contributed by atoms with Gasteiger partial charge < -0.3 is 5.11 Å². The van der Waals surface area contributed by atoms with Gasteiger partial charge in [-0.2, -0.15) is 5.26 Å². The number of nitriles is 1. The Labute approximate surface area is 77.4 Å². The molecule has 2 bridgehead atoms. The molecule has 3 heteroatoms. The van der Waals surface area contributed by atoms with Gasteiger partial charge in [0, 0.05) is 0 Å². The molecular formula is C10H13NO2. The van der Waals surface area contributed by atoms with Crippen molar-refractivity contribution in [1.82, 2.24) is 0 Å². The molecule has 2 saturated carbocycles. The van der Waals surface area contributed by atoms with Crippen molar-refractivity contribution in [2.45, 2.75) is 38.5 Å². The smallest absolute Gasteiger partial charge is 0.309 e. The van der Waals surface area contributed by atoms with Crippen molar-refractivity contribution in [1.29, 1.82) is 5.26 Å². The highest BCUT2D eigenvalue weighted by atomic mass is 16.4. The average Bonchev–Trinajstić information content (AvgIpc) is 2.41. The predicted octanol–water partition coefficient (Wildman–Crippen LogP) is 1.94. The van der Waals surface area contributed by atoms with E-state index in [-0.39, 0.29) is 5.41 Å². The maximum atomic E-state index is 11.1. The summed E-state index contributed by atoms with van der Waals surface area (Å²) in [6.45, 7) is 0. The second-order valence-corrected chi connectivity index (χ2v) is 4.51. The van der Waals surface area contributed by atoms with Crippen molar-refractivity contribution in [3.05, 3.63) is 0 Å². The van der Waals surface area contributed by atoms with Gasteiger partial charge in [-0.15, -0.1) is 0 Å². The topological polar surface area (TPSA) is 61.1 Å². The van der Waals surface area contributed by atoms with Gasteiger partial charge in [-0.25, -0.2) is 0 Å². The third-order valence-corrected chi connectivity index (χ3v) is 3.76. The molecule has 0 aromatic rings. The Bertz CT molecular complexity index is 294. The predicted molar refractivity (Wildman–Crippen MR) is 45.8 cm³/mol. The molecule has 0 aliphatic heterocycles. The number of hydrogen-bond donors (Lipinski definition) is 1. The van der Waals surface area contributed by atoms with Crippen LogP contribution in [0, 0.1) is 22.2 Å². The molecule has 0 saturated heterocycles. The summed E-state index contributed by atoms with van der Waals surface area (Å²) in [6.07, 6.45) is 4.65. The zero-order valence-corrected chi connectivity index (χ0v) is 7.55. The fourth-order valence-electron chi connectivity index (χ4n) is 2.94. The van der Waals surface area contributed by atoms with Gasteiger partial charge in [0.1, 0.15) is 0 Å². The van der Waals surface area contributed by atoms with Gasteiger partial charge in [0.15, 0.2) is 0 Å². The van der Waals surface area contributed by atoms with Gasteiger partial charge in [0.05, 0.1) is 16.9 Å². The maximum Gasteiger partial charge on any atom is 0.309 e. The summed E-state index contributed by atoms with van der Waals surface area (Å²) in [5, 5.41) is 18.1. The summed E-state index contributed by atoms with van der Waals surface area (Å²) in [6, 6.07) is 2.33. The van der Waals surface area contributed by atoms with Crippen LogP contribution in [0.3, 0.4) is 0 Å². The molecule has 3 nitrogen and oxygen atoms in total. The van der Waals surface area contributed by atoms with E-state index in [1.165, 1.54) is 0 Å². The van der Waals surface area contributed by atoms with Crippen LogP contribution in [0.25, 0.3) is 0 Å². The molecule has 70 valence electrons. The molecule has 0 radical (unpaired) electrons. The highest BCUT2D eigenvalue weighted by Gasteiger charge is 2.55. The first-order chi connectivity index (χ1) is 6.13. The minimum absolute atomic E-state index is 0.295. The second kappa shape index (κ2) is 2.47. The van der Waals surface area contributed by atoms with Crippen LogP contribution < -0.4 is 0 Å². The van der Waals surface area contributed by atoms with Crippen LogP contribution in [0.5, 0.6) is 0 Å². The fraction of sp³-hybridized carbons (Fsp3) is 0.800. The lowest BCUT2D eigenvalue weighted by atomic mass is 9.70. The second-order valence-electron chi connectivity index (χ2n) is 4.51. The summed E-state index contributed by atoms with van der Waals surface area (Å²) in [5.41, 5.74) is -0.843. The van der Waals surface area contributed by atoms with Gasteiger partial charge in [-0.1, -0.05) is 6.42 Å². The van der Waals surface area contributed by atoms with E-state index in [1.807, 2.05) is 0 Å². The Morgan fingerprint density at radius 3 is 2.69 bits per heavy atom. The molecule has 0 aromatic carbocycles. The van der Waals surface area contributed by atoms with E-state index in [4.69, 9.17) is 10.4 Å². The molecule has 0 aromatic heterocycles. The highest BCUT2D eigenvalue weighted by Crippen LogP contribution is 2.58. The summed E-state index contributed by atoms with van der Waals surface area (Å²) < 4.78 is 0. The van der Waals surface area contributed by atoms with Gasteiger partial charge in [-0.05, 0) is 32.1 Å². The van der Waals surface area contributed by atoms with Crippen molar-refractivity contribution in [2.75, 3.05) is 0 Å². The third-order valence-electron chi connectivity index (χ3n) is 3.76. The average molecular weight is 179 g/mol. The van der Waals surface area contributed by atoms with Crippen molar-refractivity contribution < 1.29 is 9.90 Å². The zero-order valence-electron chi connectivity index (χ0n) is 7.55. The maximum absolute atomic E-state index is 11.1. The van der Waals surface area contributed by atoms with Crippen molar-refractivity contribution in [3.8, 4) is 6.07 Å². The molecule has 0 heterocycles. The van der Waals surface area contributed by atoms with Gasteiger partial charge in [-0.3, -0.25) is 4.79 Å². The largest absolute Gasteiger partial charge is 0.481 e. The molecular weight excluding hydrogens is 166 g/mol. The lowest BCUT2D eigenvalue weighted by Crippen LogP contribution is -2.33. The first-order valence-corrected chi connectivity index (χ1v) is 4.77. The molecule has 2 fully saturated rings. The van der Waals surface area contributed by atoms with Crippen LogP contribution in [-0.2, 0) is 4.79 Å². The highest BCUT2D eigenvalue weighted by molar-refractivity contribution is 5.75. The Morgan fingerprint density at radius 2 is 2.08 bits per heavy atom. The monoisotopic (exact) mass is 179 g/mol. The number of fused-ring (bicyclic) bond motifs is 2. The molecule has 1 N–H and O–H groups in total. The standard InChI is InChI=1S/C10H13NO2/c11-7-9-2-1-3-10(6-9,5-4-9)8(12)13/h1-6H2,(H,12,13)/t9-,10+/m0/s1. The third kappa shape index (κ3) is 1.05. The van der Waals surface area contributed by atoms with E-state index < -0.39 is 11.4 Å². The van der Waals surface area contributed by atoms with E-state index in [0.29, 0.717) is 12.8 Å². The Kier molecular flexibility index (Phi) is 1.63. The van der Waals surface area contributed by atoms with E-state index in [1.54, 1.807) is 0 Å². The van der Waals surface area contributed by atoms with Crippen molar-refractivity contribution in [3.63, 3.8) is 0 Å². The van der Waals surface area contributed by atoms with Gasteiger partial charge in [0.2, 0.25) is 0 Å². The molecule has 2 rings (SSSR count). The summed E-state index contributed by atoms with van der Waals surface area (Å²) in [5.74, 6) is -0.690. The van der Waals surface area contributed by atoms with E-state index in [2.05, 4.69) is 6.07 Å². The number of nitrogens with zero attached hydrogens (tertiary/aromatic N) is 1. The van der Waals surface area contributed by atoms with E-state index in [0.717, 1.165) is 25.7 Å². The number of carboxylic acid groups (broad SMARTS) is 1. The fourth-order valence-corrected chi connectivity index (χ4v) is 2.94. The lowest BCUT2D eigenvalue weighted by Gasteiger charge is -2.32. The lowest BCUT2D eigenvalue weighted by molar-refractivity contribution is -0.150. The summed E-state index contributed by atoms with van der Waals surface area (Å²) in [4.78, 5) is 11.1. The van der Waals surface area contributed by atoms with Crippen molar-refractivity contribution in [2.24, 2.45) is 10.8 Å². The first kappa shape index (κ1) is 8.55. The number of rotatable bonds is 1. The minimum Gasteiger partial charge on any atom is -0.481 e. The van der Waals surface area contributed by atoms with Crippen molar-refractivity contribution >= 4 is 5.97 Å².